The molecule has 0 saturated carbocycles. The summed E-state index contributed by atoms with van der Waals surface area (Å²) in [5.74, 6) is -1.18. The number of rotatable bonds is 40. The molecule has 0 saturated heterocycles. The number of phosphoric ester groups is 2. The smallest absolute Gasteiger partial charge is 0.462 e. The molecule has 16 heteroatoms. The monoisotopic (exact) mass is 914 g/mol. The molecular formula is C46H76O14P2. The number of hydrogen-bond donors (Lipinski definition) is 5. The van der Waals surface area contributed by atoms with Crippen LogP contribution in [0, 0.1) is 0 Å². The highest BCUT2D eigenvalue weighted by molar-refractivity contribution is 7.47. The van der Waals surface area contributed by atoms with Crippen molar-refractivity contribution in [2.75, 3.05) is 26.4 Å². The average molecular weight is 915 g/mol. The van der Waals surface area contributed by atoms with Crippen molar-refractivity contribution < 1.29 is 66.7 Å². The Bertz CT molecular complexity index is 1480. The Hall–Kier alpha value is -3.00. The molecule has 14 nitrogen and oxygen atoms in total. The third-order valence-electron chi connectivity index (χ3n) is 8.53. The minimum atomic E-state index is -4.88. The van der Waals surface area contributed by atoms with E-state index in [4.69, 9.17) is 23.8 Å². The van der Waals surface area contributed by atoms with Crippen LogP contribution in [0.25, 0.3) is 0 Å². The Labute approximate surface area is 371 Å². The number of esters is 2. The lowest BCUT2D eigenvalue weighted by Gasteiger charge is -2.20. The largest absolute Gasteiger partial charge is 0.472 e. The number of ether oxygens (including phenoxy) is 2. The molecule has 0 radical (unpaired) electrons. The fraction of sp³-hybridized carbons (Fsp3) is 0.609. The minimum absolute atomic E-state index is 0.0729. The van der Waals surface area contributed by atoms with Crippen molar-refractivity contribution in [1.29, 1.82) is 0 Å². The Morgan fingerprint density at radius 2 is 1.08 bits per heavy atom. The summed E-state index contributed by atoms with van der Waals surface area (Å²) in [7, 11) is -9.73. The lowest BCUT2D eigenvalue weighted by Crippen LogP contribution is -2.30. The van der Waals surface area contributed by atoms with E-state index in [1.165, 1.54) is 19.3 Å². The second-order valence-electron chi connectivity index (χ2n) is 14.4. The molecule has 0 rings (SSSR count). The van der Waals surface area contributed by atoms with Gasteiger partial charge in [0.2, 0.25) is 0 Å². The minimum Gasteiger partial charge on any atom is -0.462 e. The van der Waals surface area contributed by atoms with E-state index in [0.29, 0.717) is 32.1 Å². The van der Waals surface area contributed by atoms with Crippen LogP contribution >= 0.6 is 15.6 Å². The van der Waals surface area contributed by atoms with Crippen molar-refractivity contribution in [1.82, 2.24) is 0 Å². The van der Waals surface area contributed by atoms with Crippen LogP contribution in [0.3, 0.4) is 0 Å². The predicted molar refractivity (Wildman–Crippen MR) is 245 cm³/mol. The zero-order chi connectivity index (χ0) is 46.0. The molecule has 0 aliphatic carbocycles. The summed E-state index contributed by atoms with van der Waals surface area (Å²) in [4.78, 5) is 52.7. The SMILES string of the molecule is CC/C=C\C/C=C\C/C=C\C/C=C\CCCCCCC(=O)O[C@H](COC(=O)CCC/C=C/C/C=C\C[C@H](O)/C=C\C=C/CCCCC)COP(=O)(O)OC[C@@H](O)COP(=O)(O)O. The summed E-state index contributed by atoms with van der Waals surface area (Å²) in [6, 6.07) is 0. The van der Waals surface area contributed by atoms with Crippen LogP contribution in [0.2, 0.25) is 0 Å². The highest BCUT2D eigenvalue weighted by Gasteiger charge is 2.28. The fourth-order valence-electron chi connectivity index (χ4n) is 5.17. The number of unbranched alkanes of at least 4 members (excludes halogenated alkanes) is 8. The summed E-state index contributed by atoms with van der Waals surface area (Å²) < 4.78 is 47.7. The average Bonchev–Trinajstić information content (AvgIpc) is 3.23. The second kappa shape index (κ2) is 40.8. The van der Waals surface area contributed by atoms with Gasteiger partial charge in [-0.1, -0.05) is 137 Å². The summed E-state index contributed by atoms with van der Waals surface area (Å²) in [5.41, 5.74) is 0. The molecule has 0 heterocycles. The van der Waals surface area contributed by atoms with Gasteiger partial charge in [-0.3, -0.25) is 23.2 Å². The quantitative estimate of drug-likeness (QED) is 0.0127. The maximum Gasteiger partial charge on any atom is 0.472 e. The summed E-state index contributed by atoms with van der Waals surface area (Å²) >= 11 is 0. The Balaban J connectivity index is 4.72. The lowest BCUT2D eigenvalue weighted by molar-refractivity contribution is -0.161. The third-order valence-corrected chi connectivity index (χ3v) is 9.96. The van der Waals surface area contributed by atoms with Crippen LogP contribution in [0.5, 0.6) is 0 Å². The van der Waals surface area contributed by atoms with Gasteiger partial charge in [0.15, 0.2) is 6.10 Å². The first-order chi connectivity index (χ1) is 29.8. The van der Waals surface area contributed by atoms with Gasteiger partial charge in [0.25, 0.3) is 0 Å². The van der Waals surface area contributed by atoms with E-state index in [2.05, 4.69) is 77.6 Å². The van der Waals surface area contributed by atoms with Gasteiger partial charge in [0.05, 0.1) is 25.9 Å². The highest BCUT2D eigenvalue weighted by Crippen LogP contribution is 2.43. The van der Waals surface area contributed by atoms with E-state index in [-0.39, 0.29) is 12.8 Å². The third kappa shape index (κ3) is 43.6. The van der Waals surface area contributed by atoms with Gasteiger partial charge in [-0.15, -0.1) is 0 Å². The standard InChI is InChI=1S/C46H76O14P2/c1-3-5-7-9-11-12-13-14-15-16-17-18-19-20-24-29-33-37-46(50)60-44(41-59-62(54,55)58-39-43(48)38-57-61(51,52)53)40-56-45(49)36-32-28-25-21-23-27-31-35-42(47)34-30-26-22-10-8-6-4-2/h5,7,11-12,14-15,17-18,21-22,25-27,30-31,34,42-44,47-48H,3-4,6,8-10,13,16,19-20,23-24,28-29,32-33,35-41H2,1-2H3,(H,54,55)(H2,51,52,53)/b7-5-,12-11-,15-14-,18-17-,25-21+,26-22-,31-27-,34-30-/t42-,43+,44-/m1/s1. The number of carbonyl (C=O) groups excluding carboxylic acids is 2. The molecule has 62 heavy (non-hydrogen) atoms. The Morgan fingerprint density at radius 1 is 0.548 bits per heavy atom. The molecule has 0 aromatic carbocycles. The molecule has 0 spiro atoms. The summed E-state index contributed by atoms with van der Waals surface area (Å²) in [6.45, 7) is 1.42. The Morgan fingerprint density at radius 3 is 1.73 bits per heavy atom. The van der Waals surface area contributed by atoms with Gasteiger partial charge in [-0.05, 0) is 83.5 Å². The van der Waals surface area contributed by atoms with Gasteiger partial charge >= 0.3 is 27.6 Å². The molecule has 4 atom stereocenters. The molecule has 354 valence electrons. The van der Waals surface area contributed by atoms with E-state index in [1.54, 1.807) is 6.08 Å². The van der Waals surface area contributed by atoms with Gasteiger partial charge in [-0.25, -0.2) is 9.13 Å². The number of aliphatic hydroxyl groups excluding tert-OH is 2. The van der Waals surface area contributed by atoms with Crippen molar-refractivity contribution in [3.05, 3.63) is 97.2 Å². The van der Waals surface area contributed by atoms with E-state index in [9.17, 15) is 33.8 Å². The van der Waals surface area contributed by atoms with Gasteiger partial charge < -0.3 is 34.4 Å². The Kier molecular flexibility index (Phi) is 38.8. The summed E-state index contributed by atoms with van der Waals surface area (Å²) in [5, 5.41) is 19.8. The second-order valence-corrected chi connectivity index (χ2v) is 17.1. The van der Waals surface area contributed by atoms with Gasteiger partial charge in [0.1, 0.15) is 12.7 Å². The number of allylic oxidation sites excluding steroid dienone is 14. The maximum atomic E-state index is 12.7. The van der Waals surface area contributed by atoms with E-state index in [0.717, 1.165) is 57.8 Å². The van der Waals surface area contributed by atoms with Crippen LogP contribution in [0.15, 0.2) is 97.2 Å². The van der Waals surface area contributed by atoms with Crippen LogP contribution in [0.4, 0.5) is 0 Å². The van der Waals surface area contributed by atoms with Crippen molar-refractivity contribution >= 4 is 27.6 Å². The molecule has 0 aromatic heterocycles. The van der Waals surface area contributed by atoms with Gasteiger partial charge in [0, 0.05) is 12.8 Å². The zero-order valence-corrected chi connectivity index (χ0v) is 38.8. The van der Waals surface area contributed by atoms with Crippen molar-refractivity contribution in [3.8, 4) is 0 Å². The molecule has 0 amide bonds. The molecule has 0 aliphatic heterocycles. The lowest BCUT2D eigenvalue weighted by atomic mass is 10.1. The number of aliphatic hydroxyl groups is 2. The first kappa shape index (κ1) is 59.0. The first-order valence-electron chi connectivity index (χ1n) is 22.0. The van der Waals surface area contributed by atoms with Crippen molar-refractivity contribution in [3.63, 3.8) is 0 Å². The van der Waals surface area contributed by atoms with Crippen LogP contribution < -0.4 is 0 Å². The highest BCUT2D eigenvalue weighted by atomic mass is 31.2. The van der Waals surface area contributed by atoms with Crippen LogP contribution in [0.1, 0.15) is 136 Å². The fourth-order valence-corrected chi connectivity index (χ4v) is 6.33. The molecule has 0 bridgehead atoms. The van der Waals surface area contributed by atoms with Crippen LogP contribution in [-0.2, 0) is 41.8 Å². The first-order valence-corrected chi connectivity index (χ1v) is 25.1. The number of carbonyl (C=O) groups is 2. The van der Waals surface area contributed by atoms with E-state index >= 15 is 0 Å². The molecule has 0 aromatic rings. The summed E-state index contributed by atoms with van der Waals surface area (Å²) in [6.07, 6.45) is 44.3. The van der Waals surface area contributed by atoms with Crippen LogP contribution in [-0.4, -0.2) is 81.6 Å². The predicted octanol–water partition coefficient (Wildman–Crippen LogP) is 10.3. The van der Waals surface area contributed by atoms with Crippen molar-refractivity contribution in [2.45, 2.75) is 154 Å². The topological polar surface area (TPSA) is 216 Å². The van der Waals surface area contributed by atoms with E-state index < -0.39 is 72.3 Å². The molecular weight excluding hydrogens is 838 g/mol. The van der Waals surface area contributed by atoms with Crippen molar-refractivity contribution in [2.24, 2.45) is 0 Å². The molecule has 0 fully saturated rings. The van der Waals surface area contributed by atoms with E-state index in [1.807, 2.05) is 36.5 Å². The van der Waals surface area contributed by atoms with Gasteiger partial charge in [-0.2, -0.15) is 0 Å². The number of hydrogen-bond acceptors (Lipinski definition) is 11. The molecule has 0 aliphatic rings. The maximum absolute atomic E-state index is 12.7. The zero-order valence-electron chi connectivity index (χ0n) is 37.0. The normalized spacial score (nSPS) is 15.4. The molecule has 5 N–H and O–H groups in total. The number of phosphoric acid groups is 2. The molecule has 1 unspecified atom stereocenters.